The molecule has 0 radical (unpaired) electrons. The van der Waals surface area contributed by atoms with E-state index in [1.54, 1.807) is 25.8 Å². The molecule has 21 heavy (non-hydrogen) atoms. The summed E-state index contributed by atoms with van der Waals surface area (Å²) < 4.78 is 28.2. The Hall–Kier alpha value is -1.27. The quantitative estimate of drug-likeness (QED) is 0.776. The Kier molecular flexibility index (Phi) is 5.64. The van der Waals surface area contributed by atoms with E-state index in [0.717, 1.165) is 0 Å². The van der Waals surface area contributed by atoms with E-state index < -0.39 is 9.05 Å². The number of carbonyl (C=O) groups is 1. The van der Waals surface area contributed by atoms with Crippen LogP contribution in [-0.2, 0) is 13.8 Å². The molecule has 0 fully saturated rings. The van der Waals surface area contributed by atoms with Gasteiger partial charge in [-0.05, 0) is 51.0 Å². The molecule has 0 aliphatic rings. The third-order valence-electron chi connectivity index (χ3n) is 3.22. The average molecular weight is 334 g/mol. The van der Waals surface area contributed by atoms with E-state index in [4.69, 9.17) is 15.4 Å². The Bertz CT molecular complexity index is 617. The van der Waals surface area contributed by atoms with Crippen LogP contribution in [0.3, 0.4) is 0 Å². The van der Waals surface area contributed by atoms with Crippen molar-refractivity contribution in [2.75, 3.05) is 13.7 Å². The summed E-state index contributed by atoms with van der Waals surface area (Å²) in [5.74, 6) is 0.363. The standard InChI is InChI=1S/C14H20ClNO4S/c1-9(2)16(5)13(17)8-20-14-10(3)6-12(7-11(14)4)21(15,18)19/h6-7,9H,8H2,1-5H3. The number of nitrogens with zero attached hydrogens (tertiary/aromatic N) is 1. The molecule has 1 aromatic rings. The Morgan fingerprint density at radius 1 is 1.29 bits per heavy atom. The summed E-state index contributed by atoms with van der Waals surface area (Å²) in [4.78, 5) is 13.5. The van der Waals surface area contributed by atoms with Crippen LogP contribution < -0.4 is 4.74 Å². The second kappa shape index (κ2) is 6.66. The third-order valence-corrected chi connectivity index (χ3v) is 4.56. The summed E-state index contributed by atoms with van der Waals surface area (Å²) in [5.41, 5.74) is 1.24. The number of rotatable bonds is 5. The van der Waals surface area contributed by atoms with Crippen LogP contribution >= 0.6 is 10.7 Å². The normalized spacial score (nSPS) is 11.6. The summed E-state index contributed by atoms with van der Waals surface area (Å²) >= 11 is 0. The average Bonchev–Trinajstić information content (AvgIpc) is 2.35. The van der Waals surface area contributed by atoms with Crippen molar-refractivity contribution in [2.24, 2.45) is 0 Å². The van der Waals surface area contributed by atoms with Gasteiger partial charge in [-0.1, -0.05) is 0 Å². The van der Waals surface area contributed by atoms with Gasteiger partial charge in [-0.3, -0.25) is 4.79 Å². The van der Waals surface area contributed by atoms with Gasteiger partial charge in [0.1, 0.15) is 5.75 Å². The van der Waals surface area contributed by atoms with Crippen molar-refractivity contribution in [3.8, 4) is 5.75 Å². The molecule has 1 aromatic carbocycles. The van der Waals surface area contributed by atoms with Crippen LogP contribution in [0.5, 0.6) is 5.75 Å². The fraction of sp³-hybridized carbons (Fsp3) is 0.500. The Labute approximate surface area is 130 Å². The molecule has 0 saturated heterocycles. The highest BCUT2D eigenvalue weighted by Crippen LogP contribution is 2.28. The molecular formula is C14H20ClNO4S. The molecule has 0 spiro atoms. The number of hydrogen-bond acceptors (Lipinski definition) is 4. The maximum atomic E-state index is 11.9. The Morgan fingerprint density at radius 2 is 1.76 bits per heavy atom. The molecule has 0 aliphatic heterocycles. The largest absolute Gasteiger partial charge is 0.483 e. The van der Waals surface area contributed by atoms with E-state index in [1.165, 1.54) is 12.1 Å². The molecule has 0 aromatic heterocycles. The van der Waals surface area contributed by atoms with Crippen LogP contribution in [0.25, 0.3) is 0 Å². The summed E-state index contributed by atoms with van der Waals surface area (Å²) in [5, 5.41) is 0. The van der Waals surface area contributed by atoms with Crippen LogP contribution in [-0.4, -0.2) is 38.9 Å². The predicted octanol–water partition coefficient (Wildman–Crippen LogP) is 2.48. The van der Waals surface area contributed by atoms with Gasteiger partial charge in [-0.25, -0.2) is 8.42 Å². The van der Waals surface area contributed by atoms with Crippen molar-refractivity contribution in [1.29, 1.82) is 0 Å². The van der Waals surface area contributed by atoms with Crippen molar-refractivity contribution in [2.45, 2.75) is 38.6 Å². The zero-order valence-electron chi connectivity index (χ0n) is 12.8. The second-order valence-electron chi connectivity index (χ2n) is 5.21. The molecule has 0 atom stereocenters. The fourth-order valence-electron chi connectivity index (χ4n) is 1.80. The van der Waals surface area contributed by atoms with Crippen LogP contribution in [0.15, 0.2) is 17.0 Å². The lowest BCUT2D eigenvalue weighted by atomic mass is 10.1. The zero-order chi connectivity index (χ0) is 16.4. The summed E-state index contributed by atoms with van der Waals surface area (Å²) in [6.07, 6.45) is 0. The first-order chi connectivity index (χ1) is 9.54. The van der Waals surface area contributed by atoms with E-state index in [-0.39, 0.29) is 23.5 Å². The number of hydrogen-bond donors (Lipinski definition) is 0. The van der Waals surface area contributed by atoms with E-state index in [2.05, 4.69) is 0 Å². The number of likely N-dealkylation sites (N-methyl/N-ethyl adjacent to an activating group) is 1. The van der Waals surface area contributed by atoms with Crippen LogP contribution in [0, 0.1) is 13.8 Å². The predicted molar refractivity (Wildman–Crippen MR) is 82.4 cm³/mol. The van der Waals surface area contributed by atoms with Gasteiger partial charge >= 0.3 is 0 Å². The number of carbonyl (C=O) groups excluding carboxylic acids is 1. The van der Waals surface area contributed by atoms with E-state index >= 15 is 0 Å². The molecule has 0 saturated carbocycles. The molecule has 0 unspecified atom stereocenters. The molecule has 7 heteroatoms. The smallest absolute Gasteiger partial charge is 0.261 e. The lowest BCUT2D eigenvalue weighted by Gasteiger charge is -2.22. The molecule has 1 rings (SSSR count). The van der Waals surface area contributed by atoms with Crippen LogP contribution in [0.2, 0.25) is 0 Å². The minimum atomic E-state index is -3.78. The SMILES string of the molecule is Cc1cc(S(=O)(=O)Cl)cc(C)c1OCC(=O)N(C)C(C)C. The first-order valence-electron chi connectivity index (χ1n) is 6.48. The van der Waals surface area contributed by atoms with Crippen LogP contribution in [0.1, 0.15) is 25.0 Å². The molecule has 1 amide bonds. The van der Waals surface area contributed by atoms with Crippen molar-refractivity contribution in [3.63, 3.8) is 0 Å². The Morgan fingerprint density at radius 3 is 2.14 bits per heavy atom. The molecule has 118 valence electrons. The maximum absolute atomic E-state index is 11.9. The van der Waals surface area contributed by atoms with Gasteiger partial charge < -0.3 is 9.64 Å². The third kappa shape index (κ3) is 4.61. The minimum Gasteiger partial charge on any atom is -0.483 e. The minimum absolute atomic E-state index is 0.0251. The molecule has 0 bridgehead atoms. The second-order valence-corrected chi connectivity index (χ2v) is 7.78. The van der Waals surface area contributed by atoms with Gasteiger partial charge in [0.2, 0.25) is 0 Å². The summed E-state index contributed by atoms with van der Waals surface area (Å²) in [6.45, 7) is 7.15. The highest BCUT2D eigenvalue weighted by atomic mass is 35.7. The first kappa shape index (κ1) is 17.8. The number of amides is 1. The summed E-state index contributed by atoms with van der Waals surface area (Å²) in [7, 11) is 3.26. The van der Waals surface area contributed by atoms with E-state index in [9.17, 15) is 13.2 Å². The maximum Gasteiger partial charge on any atom is 0.261 e. The Balaban J connectivity index is 2.94. The van der Waals surface area contributed by atoms with Gasteiger partial charge in [0.25, 0.3) is 15.0 Å². The first-order valence-corrected chi connectivity index (χ1v) is 8.79. The topological polar surface area (TPSA) is 63.7 Å². The summed E-state index contributed by atoms with van der Waals surface area (Å²) in [6, 6.07) is 2.95. The molecular weight excluding hydrogens is 314 g/mol. The van der Waals surface area contributed by atoms with E-state index in [1.807, 2.05) is 13.8 Å². The van der Waals surface area contributed by atoms with Crippen molar-refractivity contribution in [3.05, 3.63) is 23.3 Å². The highest BCUT2D eigenvalue weighted by Gasteiger charge is 2.17. The molecule has 5 nitrogen and oxygen atoms in total. The lowest BCUT2D eigenvalue weighted by molar-refractivity contribution is -0.133. The van der Waals surface area contributed by atoms with Gasteiger partial charge in [0, 0.05) is 23.8 Å². The van der Waals surface area contributed by atoms with Gasteiger partial charge in [0.15, 0.2) is 6.61 Å². The van der Waals surface area contributed by atoms with Crippen molar-refractivity contribution < 1.29 is 17.9 Å². The highest BCUT2D eigenvalue weighted by molar-refractivity contribution is 8.13. The van der Waals surface area contributed by atoms with Gasteiger partial charge in [0.05, 0.1) is 4.90 Å². The van der Waals surface area contributed by atoms with Crippen molar-refractivity contribution >= 4 is 25.6 Å². The van der Waals surface area contributed by atoms with Crippen molar-refractivity contribution in [1.82, 2.24) is 4.90 Å². The molecule has 0 heterocycles. The van der Waals surface area contributed by atoms with E-state index in [0.29, 0.717) is 16.9 Å². The fourth-order valence-corrected chi connectivity index (χ4v) is 2.71. The molecule has 0 N–H and O–H groups in total. The van der Waals surface area contributed by atoms with Gasteiger partial charge in [-0.15, -0.1) is 0 Å². The number of aryl methyl sites for hydroxylation is 2. The lowest BCUT2D eigenvalue weighted by Crippen LogP contribution is -2.36. The van der Waals surface area contributed by atoms with Crippen LogP contribution in [0.4, 0.5) is 0 Å². The zero-order valence-corrected chi connectivity index (χ0v) is 14.4. The number of benzene rings is 1. The van der Waals surface area contributed by atoms with Gasteiger partial charge in [-0.2, -0.15) is 0 Å². The number of ether oxygens (including phenoxy) is 1. The number of halogens is 1. The molecule has 0 aliphatic carbocycles. The monoisotopic (exact) mass is 333 g/mol.